The summed E-state index contributed by atoms with van der Waals surface area (Å²) in [6.45, 7) is 2.59. The summed E-state index contributed by atoms with van der Waals surface area (Å²) in [4.78, 5) is 30.4. The Bertz CT molecular complexity index is 860. The van der Waals surface area contributed by atoms with Crippen LogP contribution in [0, 0.1) is 5.92 Å². The SMILES string of the molecule is O=C(NCCCOc1cccnc1)c1ccc(OC2CCN(C(=O)C3CC3)CC2)cc1. The van der Waals surface area contributed by atoms with Gasteiger partial charge in [0.1, 0.15) is 17.6 Å². The van der Waals surface area contributed by atoms with Crippen molar-refractivity contribution in [1.29, 1.82) is 0 Å². The molecule has 1 saturated carbocycles. The third-order valence-corrected chi connectivity index (χ3v) is 5.61. The second kappa shape index (κ2) is 10.3. The highest BCUT2D eigenvalue weighted by Gasteiger charge is 2.35. The molecule has 7 nitrogen and oxygen atoms in total. The molecule has 1 saturated heterocycles. The standard InChI is InChI=1S/C24H29N3O4/c28-23(26-13-2-16-30-22-3-1-12-25-17-22)18-6-8-20(9-7-18)31-21-10-14-27(15-11-21)24(29)19-4-5-19/h1,3,6-9,12,17,19,21H,2,4-5,10-11,13-16H2,(H,26,28). The normalized spacial score (nSPS) is 16.6. The van der Waals surface area contributed by atoms with Gasteiger partial charge < -0.3 is 19.7 Å². The number of amides is 2. The van der Waals surface area contributed by atoms with E-state index in [4.69, 9.17) is 9.47 Å². The van der Waals surface area contributed by atoms with Gasteiger partial charge in [0.15, 0.2) is 0 Å². The highest BCUT2D eigenvalue weighted by atomic mass is 16.5. The maximum Gasteiger partial charge on any atom is 0.251 e. The van der Waals surface area contributed by atoms with Crippen LogP contribution in [0.4, 0.5) is 0 Å². The van der Waals surface area contributed by atoms with Crippen molar-refractivity contribution in [3.8, 4) is 11.5 Å². The molecule has 2 aromatic rings. The van der Waals surface area contributed by atoms with Crippen LogP contribution in [0.1, 0.15) is 42.5 Å². The number of pyridine rings is 1. The first-order valence-electron chi connectivity index (χ1n) is 11.1. The summed E-state index contributed by atoms with van der Waals surface area (Å²) in [5, 5.41) is 2.90. The third-order valence-electron chi connectivity index (χ3n) is 5.61. The molecule has 31 heavy (non-hydrogen) atoms. The van der Waals surface area contributed by atoms with E-state index in [1.165, 1.54) is 0 Å². The van der Waals surface area contributed by atoms with Gasteiger partial charge >= 0.3 is 0 Å². The van der Waals surface area contributed by atoms with Crippen molar-refractivity contribution in [2.75, 3.05) is 26.2 Å². The van der Waals surface area contributed by atoms with Crippen LogP contribution >= 0.6 is 0 Å². The second-order valence-corrected chi connectivity index (χ2v) is 8.09. The summed E-state index contributed by atoms with van der Waals surface area (Å²) in [5.41, 5.74) is 0.602. The molecule has 2 aliphatic rings. The Morgan fingerprint density at radius 2 is 1.81 bits per heavy atom. The first kappa shape index (κ1) is 21.2. The lowest BCUT2D eigenvalue weighted by Crippen LogP contribution is -2.42. The number of ether oxygens (including phenoxy) is 2. The monoisotopic (exact) mass is 423 g/mol. The molecule has 1 aromatic heterocycles. The van der Waals surface area contributed by atoms with E-state index in [-0.39, 0.29) is 17.9 Å². The minimum absolute atomic E-state index is 0.111. The van der Waals surface area contributed by atoms with Crippen LogP contribution in [0.15, 0.2) is 48.8 Å². The van der Waals surface area contributed by atoms with Crippen LogP contribution in [0.2, 0.25) is 0 Å². The highest BCUT2D eigenvalue weighted by Crippen LogP contribution is 2.32. The Balaban J connectivity index is 1.14. The van der Waals surface area contributed by atoms with Crippen molar-refractivity contribution >= 4 is 11.8 Å². The van der Waals surface area contributed by atoms with Crippen LogP contribution in [0.5, 0.6) is 11.5 Å². The zero-order chi connectivity index (χ0) is 21.5. The Hall–Kier alpha value is -3.09. The smallest absolute Gasteiger partial charge is 0.251 e. The number of benzene rings is 1. The van der Waals surface area contributed by atoms with Gasteiger partial charge in [-0.3, -0.25) is 14.6 Å². The molecule has 1 aliphatic carbocycles. The van der Waals surface area contributed by atoms with E-state index >= 15 is 0 Å². The van der Waals surface area contributed by atoms with Gasteiger partial charge in [-0.05, 0) is 55.7 Å². The van der Waals surface area contributed by atoms with Gasteiger partial charge in [0.2, 0.25) is 5.91 Å². The lowest BCUT2D eigenvalue weighted by atomic mass is 10.1. The van der Waals surface area contributed by atoms with Crippen LogP contribution in [0.3, 0.4) is 0 Å². The molecule has 1 aliphatic heterocycles. The molecule has 0 spiro atoms. The number of nitrogens with zero attached hydrogens (tertiary/aromatic N) is 2. The second-order valence-electron chi connectivity index (χ2n) is 8.09. The number of carbonyl (C=O) groups excluding carboxylic acids is 2. The van der Waals surface area contributed by atoms with E-state index in [0.717, 1.165) is 50.3 Å². The number of rotatable bonds is 9. The van der Waals surface area contributed by atoms with Crippen molar-refractivity contribution in [2.45, 2.75) is 38.2 Å². The molecule has 1 aromatic carbocycles. The van der Waals surface area contributed by atoms with Crippen LogP contribution < -0.4 is 14.8 Å². The highest BCUT2D eigenvalue weighted by molar-refractivity contribution is 5.94. The average molecular weight is 424 g/mol. The van der Waals surface area contributed by atoms with Gasteiger partial charge in [-0.1, -0.05) is 0 Å². The van der Waals surface area contributed by atoms with E-state index in [1.54, 1.807) is 24.5 Å². The Kier molecular flexibility index (Phi) is 7.02. The van der Waals surface area contributed by atoms with E-state index in [2.05, 4.69) is 10.3 Å². The van der Waals surface area contributed by atoms with Crippen molar-refractivity contribution < 1.29 is 19.1 Å². The predicted octanol–water partition coefficient (Wildman–Crippen LogP) is 3.06. The summed E-state index contributed by atoms with van der Waals surface area (Å²) in [6.07, 6.45) is 7.99. The third kappa shape index (κ3) is 6.20. The molecule has 1 N–H and O–H groups in total. The fourth-order valence-electron chi connectivity index (χ4n) is 3.66. The summed E-state index contributed by atoms with van der Waals surface area (Å²) >= 11 is 0. The number of nitrogens with one attached hydrogen (secondary N) is 1. The van der Waals surface area contributed by atoms with E-state index < -0.39 is 0 Å². The fraction of sp³-hybridized carbons (Fsp3) is 0.458. The molecule has 0 atom stereocenters. The molecule has 7 heteroatoms. The first-order valence-corrected chi connectivity index (χ1v) is 11.1. The van der Waals surface area contributed by atoms with Crippen LogP contribution in [-0.4, -0.2) is 54.0 Å². The van der Waals surface area contributed by atoms with Gasteiger partial charge in [0.05, 0.1) is 12.8 Å². The summed E-state index contributed by atoms with van der Waals surface area (Å²) in [5.74, 6) is 1.97. The molecule has 0 radical (unpaired) electrons. The Morgan fingerprint density at radius 1 is 1.03 bits per heavy atom. The maximum absolute atomic E-state index is 12.3. The molecule has 0 unspecified atom stereocenters. The van der Waals surface area contributed by atoms with Crippen LogP contribution in [0.25, 0.3) is 0 Å². The fourth-order valence-corrected chi connectivity index (χ4v) is 3.66. The summed E-state index contributed by atoms with van der Waals surface area (Å²) in [7, 11) is 0. The Labute approximate surface area is 182 Å². The predicted molar refractivity (Wildman–Crippen MR) is 116 cm³/mol. The number of piperidine rings is 1. The molecular weight excluding hydrogens is 394 g/mol. The summed E-state index contributed by atoms with van der Waals surface area (Å²) in [6, 6.07) is 10.9. The first-order chi connectivity index (χ1) is 15.2. The molecule has 0 bridgehead atoms. The number of aromatic nitrogens is 1. The minimum atomic E-state index is -0.111. The number of carbonyl (C=O) groups is 2. The van der Waals surface area contributed by atoms with Gasteiger partial charge in [-0.15, -0.1) is 0 Å². The van der Waals surface area contributed by atoms with Crippen LogP contribution in [-0.2, 0) is 4.79 Å². The maximum atomic E-state index is 12.3. The molecule has 2 fully saturated rings. The van der Waals surface area contributed by atoms with E-state index in [1.807, 2.05) is 29.2 Å². The van der Waals surface area contributed by atoms with E-state index in [9.17, 15) is 9.59 Å². The van der Waals surface area contributed by atoms with Crippen molar-refractivity contribution in [1.82, 2.24) is 15.2 Å². The van der Waals surface area contributed by atoms with E-state index in [0.29, 0.717) is 31.0 Å². The zero-order valence-corrected chi connectivity index (χ0v) is 17.7. The van der Waals surface area contributed by atoms with Gasteiger partial charge in [0, 0.05) is 50.2 Å². The van der Waals surface area contributed by atoms with Crippen molar-refractivity contribution in [2.24, 2.45) is 5.92 Å². The van der Waals surface area contributed by atoms with Gasteiger partial charge in [0.25, 0.3) is 5.91 Å². The van der Waals surface area contributed by atoms with Crippen molar-refractivity contribution in [3.63, 3.8) is 0 Å². The average Bonchev–Trinajstić information content (AvgIpc) is 3.65. The molecular formula is C24H29N3O4. The lowest BCUT2D eigenvalue weighted by Gasteiger charge is -2.32. The topological polar surface area (TPSA) is 80.8 Å². The lowest BCUT2D eigenvalue weighted by molar-refractivity contribution is -0.134. The Morgan fingerprint density at radius 3 is 2.48 bits per heavy atom. The molecule has 4 rings (SSSR count). The van der Waals surface area contributed by atoms with Gasteiger partial charge in [-0.2, -0.15) is 0 Å². The quantitative estimate of drug-likeness (QED) is 0.627. The number of hydrogen-bond donors (Lipinski definition) is 1. The largest absolute Gasteiger partial charge is 0.492 e. The number of hydrogen-bond acceptors (Lipinski definition) is 5. The number of likely N-dealkylation sites (tertiary alicyclic amines) is 1. The van der Waals surface area contributed by atoms with Crippen molar-refractivity contribution in [3.05, 3.63) is 54.4 Å². The molecule has 2 heterocycles. The van der Waals surface area contributed by atoms with Gasteiger partial charge in [-0.25, -0.2) is 0 Å². The minimum Gasteiger partial charge on any atom is -0.492 e. The molecule has 2 amide bonds. The zero-order valence-electron chi connectivity index (χ0n) is 17.7. The summed E-state index contributed by atoms with van der Waals surface area (Å²) < 4.78 is 11.6. The molecule has 164 valence electrons.